The molecule has 6 nitrogen and oxygen atoms in total. The highest BCUT2D eigenvalue weighted by Crippen LogP contribution is 2.23. The van der Waals surface area contributed by atoms with Crippen molar-refractivity contribution in [2.45, 2.75) is 6.16 Å². The predicted molar refractivity (Wildman–Crippen MR) is 77.9 cm³/mol. The SMILES string of the molecule is O=c1c(-c2ccccc2)coc2ccc(OC(O)(O)O)cc12. The molecule has 112 valence electrons. The molecule has 0 spiro atoms. The molecular formula is C16H12O6. The minimum Gasteiger partial charge on any atom is -0.463 e. The minimum atomic E-state index is -3.31. The van der Waals surface area contributed by atoms with Crippen molar-refractivity contribution in [1.29, 1.82) is 0 Å². The first-order valence-corrected chi connectivity index (χ1v) is 6.41. The van der Waals surface area contributed by atoms with E-state index in [1.54, 1.807) is 24.3 Å². The van der Waals surface area contributed by atoms with Crippen molar-refractivity contribution >= 4 is 11.0 Å². The number of ether oxygens (including phenoxy) is 1. The fraction of sp³-hybridized carbons (Fsp3) is 0.0625. The number of hydrogen-bond donors (Lipinski definition) is 3. The van der Waals surface area contributed by atoms with E-state index in [2.05, 4.69) is 4.74 Å². The molecular weight excluding hydrogens is 288 g/mol. The quantitative estimate of drug-likeness (QED) is 0.633. The van der Waals surface area contributed by atoms with Gasteiger partial charge >= 0.3 is 6.16 Å². The third-order valence-electron chi connectivity index (χ3n) is 3.08. The van der Waals surface area contributed by atoms with E-state index in [0.717, 1.165) is 0 Å². The Labute approximate surface area is 124 Å². The van der Waals surface area contributed by atoms with Crippen LogP contribution >= 0.6 is 0 Å². The second kappa shape index (κ2) is 5.27. The lowest BCUT2D eigenvalue weighted by Crippen LogP contribution is -2.34. The molecule has 3 rings (SSSR count). The summed E-state index contributed by atoms with van der Waals surface area (Å²) in [7, 11) is 0. The van der Waals surface area contributed by atoms with E-state index in [1.807, 2.05) is 6.07 Å². The summed E-state index contributed by atoms with van der Waals surface area (Å²) in [4.78, 5) is 12.5. The molecule has 3 N–H and O–H groups in total. The third kappa shape index (κ3) is 2.84. The fourth-order valence-corrected chi connectivity index (χ4v) is 2.15. The van der Waals surface area contributed by atoms with Gasteiger partial charge in [0, 0.05) is 0 Å². The number of rotatable bonds is 3. The van der Waals surface area contributed by atoms with Crippen molar-refractivity contribution in [2.75, 3.05) is 0 Å². The van der Waals surface area contributed by atoms with Crippen LogP contribution in [0.5, 0.6) is 5.75 Å². The first kappa shape index (κ1) is 14.3. The van der Waals surface area contributed by atoms with Gasteiger partial charge in [-0.25, -0.2) is 0 Å². The number of aliphatic hydroxyl groups is 3. The zero-order valence-corrected chi connectivity index (χ0v) is 11.3. The van der Waals surface area contributed by atoms with Crippen molar-refractivity contribution in [3.05, 3.63) is 65.0 Å². The first-order valence-electron chi connectivity index (χ1n) is 6.41. The number of fused-ring (bicyclic) bond motifs is 1. The molecule has 22 heavy (non-hydrogen) atoms. The lowest BCUT2D eigenvalue weighted by molar-refractivity contribution is -0.419. The van der Waals surface area contributed by atoms with Gasteiger partial charge in [-0.05, 0) is 23.8 Å². The molecule has 0 aliphatic heterocycles. The van der Waals surface area contributed by atoms with Crippen molar-refractivity contribution in [2.24, 2.45) is 0 Å². The van der Waals surface area contributed by atoms with E-state index in [0.29, 0.717) is 16.7 Å². The topological polar surface area (TPSA) is 100 Å². The summed E-state index contributed by atoms with van der Waals surface area (Å²) in [5, 5.41) is 26.7. The van der Waals surface area contributed by atoms with Gasteiger partial charge in [-0.2, -0.15) is 0 Å². The van der Waals surface area contributed by atoms with Gasteiger partial charge in [0.2, 0.25) is 5.43 Å². The molecule has 2 aromatic carbocycles. The molecule has 0 aliphatic carbocycles. The summed E-state index contributed by atoms with van der Waals surface area (Å²) < 4.78 is 9.92. The van der Waals surface area contributed by atoms with Gasteiger partial charge in [-0.1, -0.05) is 30.3 Å². The van der Waals surface area contributed by atoms with Gasteiger partial charge in [0.15, 0.2) is 0 Å². The summed E-state index contributed by atoms with van der Waals surface area (Å²) in [6, 6.07) is 13.0. The molecule has 0 amide bonds. The largest absolute Gasteiger partial charge is 0.463 e. The predicted octanol–water partition coefficient (Wildman–Crippen LogP) is 1.43. The van der Waals surface area contributed by atoms with Crippen LogP contribution in [0.25, 0.3) is 22.1 Å². The van der Waals surface area contributed by atoms with Crippen molar-refractivity contribution < 1.29 is 24.5 Å². The van der Waals surface area contributed by atoms with Crippen LogP contribution in [0.4, 0.5) is 0 Å². The molecule has 0 fully saturated rings. The number of benzene rings is 2. The first-order chi connectivity index (χ1) is 10.4. The smallest absolute Gasteiger partial charge is 0.453 e. The maximum absolute atomic E-state index is 12.5. The fourth-order valence-electron chi connectivity index (χ4n) is 2.15. The maximum Gasteiger partial charge on any atom is 0.453 e. The van der Waals surface area contributed by atoms with Crippen molar-refractivity contribution in [1.82, 2.24) is 0 Å². The summed E-state index contributed by atoms with van der Waals surface area (Å²) in [5.74, 6) is -0.0856. The van der Waals surface area contributed by atoms with E-state index in [4.69, 9.17) is 19.7 Å². The van der Waals surface area contributed by atoms with Gasteiger partial charge in [-0.3, -0.25) is 4.79 Å². The van der Waals surface area contributed by atoms with Crippen LogP contribution < -0.4 is 10.2 Å². The molecule has 0 aliphatic rings. The van der Waals surface area contributed by atoms with Gasteiger partial charge in [0.25, 0.3) is 0 Å². The van der Waals surface area contributed by atoms with E-state index < -0.39 is 6.16 Å². The average molecular weight is 300 g/mol. The van der Waals surface area contributed by atoms with Crippen LogP contribution in [-0.2, 0) is 0 Å². The van der Waals surface area contributed by atoms with Gasteiger partial charge in [0.05, 0.1) is 10.9 Å². The Morgan fingerprint density at radius 2 is 1.73 bits per heavy atom. The molecule has 0 saturated carbocycles. The lowest BCUT2D eigenvalue weighted by Gasteiger charge is -2.15. The van der Waals surface area contributed by atoms with Crippen LogP contribution in [0.2, 0.25) is 0 Å². The molecule has 1 heterocycles. The Bertz CT molecular complexity index is 861. The molecule has 0 radical (unpaired) electrons. The van der Waals surface area contributed by atoms with Gasteiger partial charge < -0.3 is 24.5 Å². The Balaban J connectivity index is 2.15. The average Bonchev–Trinajstić information content (AvgIpc) is 2.47. The van der Waals surface area contributed by atoms with Crippen LogP contribution in [0.3, 0.4) is 0 Å². The third-order valence-corrected chi connectivity index (χ3v) is 3.08. The van der Waals surface area contributed by atoms with E-state index in [-0.39, 0.29) is 16.6 Å². The van der Waals surface area contributed by atoms with E-state index in [9.17, 15) is 4.79 Å². The van der Waals surface area contributed by atoms with Crippen LogP contribution in [0.1, 0.15) is 0 Å². The van der Waals surface area contributed by atoms with Gasteiger partial charge in [0.1, 0.15) is 17.6 Å². The molecule has 1 aromatic heterocycles. The maximum atomic E-state index is 12.5. The Morgan fingerprint density at radius 3 is 2.41 bits per heavy atom. The van der Waals surface area contributed by atoms with E-state index in [1.165, 1.54) is 24.5 Å². The van der Waals surface area contributed by atoms with Crippen LogP contribution in [0.15, 0.2) is 64.0 Å². The molecule has 0 saturated heterocycles. The summed E-state index contributed by atoms with van der Waals surface area (Å²) in [6.07, 6.45) is -1.94. The summed E-state index contributed by atoms with van der Waals surface area (Å²) in [5.41, 5.74) is 1.09. The monoisotopic (exact) mass is 300 g/mol. The zero-order valence-electron chi connectivity index (χ0n) is 11.3. The molecule has 3 aromatic rings. The summed E-state index contributed by atoms with van der Waals surface area (Å²) in [6.45, 7) is 0. The van der Waals surface area contributed by atoms with E-state index >= 15 is 0 Å². The lowest BCUT2D eigenvalue weighted by atomic mass is 10.1. The highest BCUT2D eigenvalue weighted by Gasteiger charge is 2.21. The minimum absolute atomic E-state index is 0.0856. The summed E-state index contributed by atoms with van der Waals surface area (Å²) >= 11 is 0. The normalized spacial score (nSPS) is 11.6. The second-order valence-electron chi connectivity index (χ2n) is 4.68. The second-order valence-corrected chi connectivity index (χ2v) is 4.68. The standard InChI is InChI=1S/C16H12O6/c17-15-12-8-11(22-16(18,19)20)6-7-14(12)21-9-13(15)10-4-2-1-3-5-10/h1-9,18-20H. The highest BCUT2D eigenvalue weighted by molar-refractivity contribution is 5.82. The van der Waals surface area contributed by atoms with Crippen LogP contribution in [-0.4, -0.2) is 21.5 Å². The zero-order chi connectivity index (χ0) is 15.7. The molecule has 0 bridgehead atoms. The Hall–Kier alpha value is -2.67. The Kier molecular flexibility index (Phi) is 3.42. The van der Waals surface area contributed by atoms with Crippen LogP contribution in [0, 0.1) is 0 Å². The number of hydrogen-bond acceptors (Lipinski definition) is 6. The molecule has 6 heteroatoms. The van der Waals surface area contributed by atoms with Gasteiger partial charge in [-0.15, -0.1) is 0 Å². The Morgan fingerprint density at radius 1 is 1.00 bits per heavy atom. The molecule has 0 atom stereocenters. The molecule has 0 unspecified atom stereocenters. The van der Waals surface area contributed by atoms with Crippen molar-refractivity contribution in [3.63, 3.8) is 0 Å². The highest BCUT2D eigenvalue weighted by atomic mass is 16.9. The van der Waals surface area contributed by atoms with Crippen molar-refractivity contribution in [3.8, 4) is 16.9 Å².